The first-order valence-electron chi connectivity index (χ1n) is 7.87. The van der Waals surface area contributed by atoms with Crippen molar-refractivity contribution in [2.24, 2.45) is 0 Å². The molecule has 0 radical (unpaired) electrons. The van der Waals surface area contributed by atoms with Gasteiger partial charge in [0.25, 0.3) is 5.91 Å². The number of carbonyl (C=O) groups excluding carboxylic acids is 1. The van der Waals surface area contributed by atoms with Crippen molar-refractivity contribution in [3.05, 3.63) is 63.9 Å². The molecule has 2 aromatic carbocycles. The molecular formula is C19H17BrN2O2S. The predicted octanol–water partition coefficient (Wildman–Crippen LogP) is 5.15. The van der Waals surface area contributed by atoms with Crippen LogP contribution in [0.5, 0.6) is 5.75 Å². The van der Waals surface area contributed by atoms with Crippen molar-refractivity contribution in [1.29, 1.82) is 0 Å². The van der Waals surface area contributed by atoms with E-state index in [0.717, 1.165) is 22.2 Å². The van der Waals surface area contributed by atoms with Crippen molar-refractivity contribution in [3.8, 4) is 17.0 Å². The van der Waals surface area contributed by atoms with Crippen LogP contribution in [0.1, 0.15) is 12.5 Å². The Bertz CT molecular complexity index is 862. The third-order valence-corrected chi connectivity index (χ3v) is 5.02. The van der Waals surface area contributed by atoms with Crippen molar-refractivity contribution in [2.45, 2.75) is 13.3 Å². The molecular weight excluding hydrogens is 400 g/mol. The summed E-state index contributed by atoms with van der Waals surface area (Å²) in [5.41, 5.74) is 3.19. The number of hydrogen-bond donors (Lipinski definition) is 1. The van der Waals surface area contributed by atoms with E-state index in [-0.39, 0.29) is 12.5 Å². The molecule has 0 aliphatic carbocycles. The lowest BCUT2D eigenvalue weighted by molar-refractivity contribution is -0.118. The average molecular weight is 417 g/mol. The zero-order valence-corrected chi connectivity index (χ0v) is 16.1. The van der Waals surface area contributed by atoms with E-state index in [1.165, 1.54) is 16.9 Å². The van der Waals surface area contributed by atoms with Crippen LogP contribution in [0.25, 0.3) is 11.3 Å². The number of hydrogen-bond acceptors (Lipinski definition) is 4. The molecule has 0 bridgehead atoms. The third kappa shape index (κ3) is 4.67. The Morgan fingerprint density at radius 1 is 1.20 bits per heavy atom. The third-order valence-electron chi connectivity index (χ3n) is 3.60. The van der Waals surface area contributed by atoms with E-state index in [2.05, 4.69) is 57.4 Å². The maximum atomic E-state index is 12.0. The number of rotatable bonds is 6. The fourth-order valence-corrected chi connectivity index (χ4v) is 3.37. The monoisotopic (exact) mass is 416 g/mol. The van der Waals surface area contributed by atoms with Gasteiger partial charge in [-0.15, -0.1) is 11.3 Å². The van der Waals surface area contributed by atoms with Gasteiger partial charge in [0, 0.05) is 10.9 Å². The first kappa shape index (κ1) is 17.6. The summed E-state index contributed by atoms with van der Waals surface area (Å²) in [5.74, 6) is 0.395. The number of benzene rings is 2. The maximum absolute atomic E-state index is 12.0. The number of carbonyl (C=O) groups is 1. The van der Waals surface area contributed by atoms with Gasteiger partial charge in [-0.05, 0) is 40.0 Å². The molecule has 1 amide bonds. The Morgan fingerprint density at radius 3 is 2.68 bits per heavy atom. The van der Waals surface area contributed by atoms with E-state index < -0.39 is 0 Å². The largest absolute Gasteiger partial charge is 0.483 e. The van der Waals surface area contributed by atoms with E-state index in [9.17, 15) is 4.79 Å². The summed E-state index contributed by atoms with van der Waals surface area (Å²) in [5, 5.41) is 5.27. The Hall–Kier alpha value is -2.18. The van der Waals surface area contributed by atoms with E-state index >= 15 is 0 Å². The number of halogens is 1. The first-order valence-corrected chi connectivity index (χ1v) is 9.55. The molecule has 1 N–H and O–H groups in total. The van der Waals surface area contributed by atoms with E-state index in [0.29, 0.717) is 10.9 Å². The summed E-state index contributed by atoms with van der Waals surface area (Å²) in [6.07, 6.45) is 1.01. The highest BCUT2D eigenvalue weighted by atomic mass is 79.9. The quantitative estimate of drug-likeness (QED) is 0.603. The van der Waals surface area contributed by atoms with Gasteiger partial charge in [-0.1, -0.05) is 43.3 Å². The minimum absolute atomic E-state index is 0.0667. The van der Waals surface area contributed by atoms with Gasteiger partial charge in [0.2, 0.25) is 0 Å². The van der Waals surface area contributed by atoms with Gasteiger partial charge in [0.05, 0.1) is 10.2 Å². The van der Waals surface area contributed by atoms with Crippen LogP contribution in [0.3, 0.4) is 0 Å². The summed E-state index contributed by atoms with van der Waals surface area (Å²) >= 11 is 4.79. The van der Waals surface area contributed by atoms with Crippen molar-refractivity contribution in [2.75, 3.05) is 11.9 Å². The smallest absolute Gasteiger partial charge is 0.264 e. The highest BCUT2D eigenvalue weighted by molar-refractivity contribution is 9.10. The fraction of sp³-hybridized carbons (Fsp3) is 0.158. The second-order valence-corrected chi connectivity index (χ2v) is 7.07. The molecule has 0 saturated carbocycles. The fourth-order valence-electron chi connectivity index (χ4n) is 2.24. The Morgan fingerprint density at radius 2 is 1.96 bits per heavy atom. The Balaban J connectivity index is 1.59. The summed E-state index contributed by atoms with van der Waals surface area (Å²) in [7, 11) is 0. The van der Waals surface area contributed by atoms with Gasteiger partial charge in [0.15, 0.2) is 11.7 Å². The number of amides is 1. The maximum Gasteiger partial charge on any atom is 0.264 e. The lowest BCUT2D eigenvalue weighted by atomic mass is 10.1. The number of aromatic nitrogens is 1. The second-order valence-electron chi connectivity index (χ2n) is 5.36. The predicted molar refractivity (Wildman–Crippen MR) is 105 cm³/mol. The minimum Gasteiger partial charge on any atom is -0.483 e. The molecule has 0 unspecified atom stereocenters. The standard InChI is InChI=1S/C19H17BrN2O2S/c1-2-13-7-9-14(10-8-13)16-12-25-19(21-16)22-18(23)11-24-17-6-4-3-5-15(17)20/h3-10,12H,2,11H2,1H3,(H,21,22,23). The zero-order chi connectivity index (χ0) is 17.6. The molecule has 3 aromatic rings. The first-order chi connectivity index (χ1) is 12.2. The van der Waals surface area contributed by atoms with Crippen LogP contribution in [-0.4, -0.2) is 17.5 Å². The molecule has 0 aliphatic heterocycles. The number of nitrogens with one attached hydrogen (secondary N) is 1. The van der Waals surface area contributed by atoms with Crippen LogP contribution < -0.4 is 10.1 Å². The highest BCUT2D eigenvalue weighted by Gasteiger charge is 2.09. The van der Waals surface area contributed by atoms with Gasteiger partial charge >= 0.3 is 0 Å². The lowest BCUT2D eigenvalue weighted by Gasteiger charge is -2.07. The van der Waals surface area contributed by atoms with E-state index in [1.807, 2.05) is 23.6 Å². The summed E-state index contributed by atoms with van der Waals surface area (Å²) in [4.78, 5) is 16.5. The number of anilines is 1. The van der Waals surface area contributed by atoms with E-state index in [1.54, 1.807) is 6.07 Å². The van der Waals surface area contributed by atoms with Crippen molar-refractivity contribution >= 4 is 38.3 Å². The molecule has 0 aliphatic rings. The Kier molecular flexibility index (Phi) is 5.83. The number of nitrogens with zero attached hydrogens (tertiary/aromatic N) is 1. The minimum atomic E-state index is -0.238. The molecule has 3 rings (SSSR count). The van der Waals surface area contributed by atoms with Crippen LogP contribution in [0, 0.1) is 0 Å². The van der Waals surface area contributed by atoms with Gasteiger partial charge in [-0.3, -0.25) is 10.1 Å². The summed E-state index contributed by atoms with van der Waals surface area (Å²) < 4.78 is 6.32. The van der Waals surface area contributed by atoms with Crippen LogP contribution in [0.15, 0.2) is 58.4 Å². The highest BCUT2D eigenvalue weighted by Crippen LogP contribution is 2.26. The SMILES string of the molecule is CCc1ccc(-c2csc(NC(=O)COc3ccccc3Br)n2)cc1. The number of thiazole rings is 1. The molecule has 0 saturated heterocycles. The molecule has 0 spiro atoms. The topological polar surface area (TPSA) is 51.2 Å². The van der Waals surface area contributed by atoms with Gasteiger partial charge in [-0.2, -0.15) is 0 Å². The van der Waals surface area contributed by atoms with Gasteiger partial charge in [0.1, 0.15) is 5.75 Å². The Labute approximate surface area is 159 Å². The molecule has 6 heteroatoms. The molecule has 0 fully saturated rings. The number of aryl methyl sites for hydroxylation is 1. The van der Waals surface area contributed by atoms with Crippen molar-refractivity contribution < 1.29 is 9.53 Å². The molecule has 4 nitrogen and oxygen atoms in total. The summed E-state index contributed by atoms with van der Waals surface area (Å²) in [6, 6.07) is 15.7. The van der Waals surface area contributed by atoms with Crippen LogP contribution in [0.4, 0.5) is 5.13 Å². The van der Waals surface area contributed by atoms with Crippen LogP contribution in [0.2, 0.25) is 0 Å². The number of ether oxygens (including phenoxy) is 1. The molecule has 0 atom stereocenters. The molecule has 128 valence electrons. The van der Waals surface area contributed by atoms with E-state index in [4.69, 9.17) is 4.74 Å². The lowest BCUT2D eigenvalue weighted by Crippen LogP contribution is -2.20. The second kappa shape index (κ2) is 8.27. The average Bonchev–Trinajstić information content (AvgIpc) is 3.09. The molecule has 1 aromatic heterocycles. The van der Waals surface area contributed by atoms with Crippen molar-refractivity contribution in [1.82, 2.24) is 4.98 Å². The van der Waals surface area contributed by atoms with Crippen molar-refractivity contribution in [3.63, 3.8) is 0 Å². The molecule has 25 heavy (non-hydrogen) atoms. The normalized spacial score (nSPS) is 10.5. The van der Waals surface area contributed by atoms with Crippen LogP contribution in [-0.2, 0) is 11.2 Å². The molecule has 1 heterocycles. The van der Waals surface area contributed by atoms with Gasteiger partial charge in [-0.25, -0.2) is 4.98 Å². The van der Waals surface area contributed by atoms with Gasteiger partial charge < -0.3 is 4.74 Å². The summed E-state index contributed by atoms with van der Waals surface area (Å²) in [6.45, 7) is 2.06. The zero-order valence-electron chi connectivity index (χ0n) is 13.7. The van der Waals surface area contributed by atoms with Crippen LogP contribution >= 0.6 is 27.3 Å². The number of para-hydroxylation sites is 1.